The lowest BCUT2D eigenvalue weighted by Crippen LogP contribution is -2.60. The second-order valence-electron chi connectivity index (χ2n) is 11.7. The molecule has 1 saturated heterocycles. The Bertz CT molecular complexity index is 1510. The fraction of sp³-hybridized carbons (Fsp3) is 0.469. The summed E-state index contributed by atoms with van der Waals surface area (Å²) in [6.07, 6.45) is 1.64. The van der Waals surface area contributed by atoms with Gasteiger partial charge in [0.1, 0.15) is 18.2 Å². The van der Waals surface area contributed by atoms with Crippen LogP contribution in [0.3, 0.4) is 0 Å². The monoisotopic (exact) mass is 652 g/mol. The van der Waals surface area contributed by atoms with Crippen LogP contribution in [0.15, 0.2) is 42.5 Å². The van der Waals surface area contributed by atoms with Crippen molar-refractivity contribution in [2.75, 3.05) is 39.5 Å². The second kappa shape index (κ2) is 15.8. The molecule has 0 unspecified atom stereocenters. The molecule has 1 aromatic heterocycles. The van der Waals surface area contributed by atoms with Crippen molar-refractivity contribution in [3.05, 3.63) is 53.6 Å². The molecule has 0 spiro atoms. The molecule has 1 fully saturated rings. The molecule has 0 bridgehead atoms. The van der Waals surface area contributed by atoms with Crippen molar-refractivity contribution in [2.45, 2.75) is 64.8 Å². The van der Waals surface area contributed by atoms with E-state index in [0.717, 1.165) is 40.5 Å². The predicted octanol–water partition coefficient (Wildman–Crippen LogP) is 3.44. The first-order valence-corrected chi connectivity index (χ1v) is 16.3. The zero-order valence-electron chi connectivity index (χ0n) is 27.1. The van der Waals surface area contributed by atoms with Gasteiger partial charge in [0.2, 0.25) is 5.91 Å². The average Bonchev–Trinajstić information content (AvgIpc) is 3.55. The fourth-order valence-electron chi connectivity index (χ4n) is 5.41. The van der Waals surface area contributed by atoms with Crippen LogP contribution < -0.4 is 21.1 Å². The van der Waals surface area contributed by atoms with Crippen LogP contribution in [0, 0.1) is 0 Å². The first-order valence-electron chi connectivity index (χ1n) is 15.5. The zero-order chi connectivity index (χ0) is 33.4. The standard InChI is InChI=1S/C32H44N8O5S/c1-6-7-15-35-31(43)40(21(2)3)38-19-28(42)39(24(20-41)16-22-11-13-25(14-12-22)45-32(44)37(4)5)27(38)18-34-17-23-9-8-10-26-29(23)36-30(33)46-26/h8-14,20-21,24,27,34H,6-7,15-19H2,1-5H3,(H2,33,36)(H,35,43)/t24-,27+/m0/s1. The topological polar surface area (TPSA) is 153 Å². The number of carbonyl (C=O) groups excluding carboxylic acids is 4. The summed E-state index contributed by atoms with van der Waals surface area (Å²) in [5.74, 6) is 0.107. The molecule has 0 aliphatic carbocycles. The molecule has 248 valence electrons. The van der Waals surface area contributed by atoms with Gasteiger partial charge >= 0.3 is 12.1 Å². The van der Waals surface area contributed by atoms with Crippen molar-refractivity contribution >= 4 is 51.0 Å². The number of aldehydes is 1. The normalized spacial score (nSPS) is 15.7. The van der Waals surface area contributed by atoms with Crippen LogP contribution in [0.2, 0.25) is 0 Å². The molecule has 1 aliphatic rings. The number of anilines is 1. The van der Waals surface area contributed by atoms with Gasteiger partial charge in [-0.05, 0) is 56.0 Å². The van der Waals surface area contributed by atoms with E-state index >= 15 is 0 Å². The Morgan fingerprint density at radius 1 is 1.20 bits per heavy atom. The van der Waals surface area contributed by atoms with E-state index in [-0.39, 0.29) is 37.5 Å². The highest BCUT2D eigenvalue weighted by molar-refractivity contribution is 7.22. The van der Waals surface area contributed by atoms with Crippen LogP contribution >= 0.6 is 11.3 Å². The maximum atomic E-state index is 13.7. The summed E-state index contributed by atoms with van der Waals surface area (Å²) in [5, 5.41) is 10.2. The Labute approximate surface area is 273 Å². The highest BCUT2D eigenvalue weighted by Crippen LogP contribution is 2.27. The molecule has 4 amide bonds. The van der Waals surface area contributed by atoms with E-state index in [0.29, 0.717) is 24.0 Å². The van der Waals surface area contributed by atoms with Gasteiger partial charge in [0.25, 0.3) is 0 Å². The molecule has 3 aromatic rings. The maximum Gasteiger partial charge on any atom is 0.414 e. The number of hydrogen-bond donors (Lipinski definition) is 3. The summed E-state index contributed by atoms with van der Waals surface area (Å²) in [7, 11) is 3.19. The number of aromatic nitrogens is 1. The van der Waals surface area contributed by atoms with E-state index in [2.05, 4.69) is 22.5 Å². The summed E-state index contributed by atoms with van der Waals surface area (Å²) in [6.45, 7) is 7.01. The number of nitrogens with two attached hydrogens (primary N) is 1. The Hall–Kier alpha value is -4.27. The summed E-state index contributed by atoms with van der Waals surface area (Å²) >= 11 is 1.42. The van der Waals surface area contributed by atoms with E-state index in [1.807, 2.05) is 32.0 Å². The van der Waals surface area contributed by atoms with E-state index in [1.165, 1.54) is 16.2 Å². The smallest absolute Gasteiger partial charge is 0.410 e. The Morgan fingerprint density at radius 3 is 2.59 bits per heavy atom. The summed E-state index contributed by atoms with van der Waals surface area (Å²) in [5.41, 5.74) is 8.51. The molecule has 13 nitrogen and oxygen atoms in total. The average molecular weight is 653 g/mol. The minimum Gasteiger partial charge on any atom is -0.410 e. The number of para-hydroxylation sites is 1. The number of carbonyl (C=O) groups is 4. The Balaban J connectivity index is 1.58. The molecular weight excluding hydrogens is 608 g/mol. The van der Waals surface area contributed by atoms with Crippen molar-refractivity contribution in [3.63, 3.8) is 0 Å². The Kier molecular flexibility index (Phi) is 11.9. The number of ether oxygens (including phenoxy) is 1. The molecule has 2 aromatic carbocycles. The number of fused-ring (bicyclic) bond motifs is 1. The van der Waals surface area contributed by atoms with Crippen LogP contribution in [0.1, 0.15) is 44.7 Å². The van der Waals surface area contributed by atoms with Gasteiger partial charge in [0, 0.05) is 39.8 Å². The number of urea groups is 1. The zero-order valence-corrected chi connectivity index (χ0v) is 27.9. The lowest BCUT2D eigenvalue weighted by Gasteiger charge is -2.40. The van der Waals surface area contributed by atoms with E-state index in [1.54, 1.807) is 53.3 Å². The molecular formula is C32H44N8O5S. The van der Waals surface area contributed by atoms with Gasteiger partial charge in [-0.25, -0.2) is 14.6 Å². The minimum atomic E-state index is -0.807. The van der Waals surface area contributed by atoms with Gasteiger partial charge < -0.3 is 35.7 Å². The first-order chi connectivity index (χ1) is 22.0. The third-order valence-corrected chi connectivity index (χ3v) is 8.50. The van der Waals surface area contributed by atoms with Crippen LogP contribution in [-0.4, -0.2) is 101 Å². The summed E-state index contributed by atoms with van der Waals surface area (Å²) in [6, 6.07) is 11.4. The minimum absolute atomic E-state index is 0.0618. The molecule has 1 aliphatic heterocycles. The number of nitrogens with one attached hydrogen (secondary N) is 2. The van der Waals surface area contributed by atoms with Crippen molar-refractivity contribution in [3.8, 4) is 5.75 Å². The molecule has 46 heavy (non-hydrogen) atoms. The number of rotatable bonds is 14. The van der Waals surface area contributed by atoms with Gasteiger partial charge in [0.15, 0.2) is 5.13 Å². The quantitative estimate of drug-likeness (QED) is 0.176. The SMILES string of the molecule is CCCCNC(=O)N(C(C)C)N1CC(=O)N([C@H](C=O)Cc2ccc(OC(=O)N(C)C)cc2)[C@@H]1CNCc1cccc2sc(N)nc12. The van der Waals surface area contributed by atoms with E-state index in [9.17, 15) is 19.2 Å². The van der Waals surface area contributed by atoms with Gasteiger partial charge in [0.05, 0.1) is 22.8 Å². The number of hydrogen-bond acceptors (Lipinski definition) is 10. The van der Waals surface area contributed by atoms with Gasteiger partial charge in [-0.1, -0.05) is 48.9 Å². The summed E-state index contributed by atoms with van der Waals surface area (Å²) in [4.78, 5) is 59.0. The van der Waals surface area contributed by atoms with E-state index < -0.39 is 18.3 Å². The number of thiazole rings is 1. The lowest BCUT2D eigenvalue weighted by molar-refractivity contribution is -0.134. The summed E-state index contributed by atoms with van der Waals surface area (Å²) < 4.78 is 6.29. The van der Waals surface area contributed by atoms with Crippen molar-refractivity contribution < 1.29 is 23.9 Å². The van der Waals surface area contributed by atoms with Crippen molar-refractivity contribution in [1.29, 1.82) is 0 Å². The van der Waals surface area contributed by atoms with Crippen molar-refractivity contribution in [2.24, 2.45) is 0 Å². The van der Waals surface area contributed by atoms with Gasteiger partial charge in [-0.3, -0.25) is 9.80 Å². The molecule has 2 atom stereocenters. The largest absolute Gasteiger partial charge is 0.414 e. The number of hydrazine groups is 1. The molecule has 0 radical (unpaired) electrons. The third-order valence-electron chi connectivity index (χ3n) is 7.65. The maximum absolute atomic E-state index is 13.7. The highest BCUT2D eigenvalue weighted by Gasteiger charge is 2.45. The number of nitrogen functional groups attached to an aromatic ring is 1. The molecule has 14 heteroatoms. The lowest BCUT2D eigenvalue weighted by atomic mass is 10.0. The third kappa shape index (κ3) is 8.30. The van der Waals surface area contributed by atoms with Gasteiger partial charge in [-0.15, -0.1) is 0 Å². The molecule has 4 rings (SSSR count). The van der Waals surface area contributed by atoms with Gasteiger partial charge in [-0.2, -0.15) is 5.01 Å². The molecule has 2 heterocycles. The predicted molar refractivity (Wildman–Crippen MR) is 178 cm³/mol. The number of benzene rings is 2. The number of nitrogens with zero attached hydrogens (tertiary/aromatic N) is 5. The molecule has 4 N–H and O–H groups in total. The van der Waals surface area contributed by atoms with Crippen LogP contribution in [0.5, 0.6) is 5.75 Å². The Morgan fingerprint density at radius 2 is 1.93 bits per heavy atom. The van der Waals surface area contributed by atoms with Crippen LogP contribution in [0.4, 0.5) is 14.7 Å². The highest BCUT2D eigenvalue weighted by atomic mass is 32.1. The fourth-order valence-corrected chi connectivity index (χ4v) is 6.19. The number of amides is 4. The van der Waals surface area contributed by atoms with Crippen molar-refractivity contribution in [1.82, 2.24) is 35.4 Å². The van der Waals surface area contributed by atoms with Crippen LogP contribution in [0.25, 0.3) is 10.2 Å². The van der Waals surface area contributed by atoms with Crippen LogP contribution in [-0.2, 0) is 22.6 Å². The number of unbranched alkanes of at least 4 members (excludes halogenated alkanes) is 1. The first kappa shape index (κ1) is 34.6. The second-order valence-corrected chi connectivity index (χ2v) is 12.7. The molecule has 0 saturated carbocycles. The van der Waals surface area contributed by atoms with E-state index in [4.69, 9.17) is 10.5 Å².